The number of aromatic nitrogens is 1. The Hall–Kier alpha value is -1.43. The molecule has 104 valence electrons. The first kappa shape index (κ1) is 14.0. The topological polar surface area (TPSA) is 67.3 Å². The Morgan fingerprint density at radius 2 is 2.16 bits per heavy atom. The Bertz CT molecular complexity index is 566. The molecule has 1 atom stereocenters. The minimum absolute atomic E-state index is 0.00365. The van der Waals surface area contributed by atoms with Gasteiger partial charge in [-0.1, -0.05) is 6.92 Å². The van der Waals surface area contributed by atoms with E-state index in [-0.39, 0.29) is 10.9 Å². The third-order valence-corrected chi connectivity index (χ3v) is 4.31. The molecule has 1 aliphatic heterocycles. The summed E-state index contributed by atoms with van der Waals surface area (Å²) in [6, 6.07) is 2.92. The fraction of sp³-hybridized carbons (Fsp3) is 0.538. The molecule has 1 aromatic heterocycles. The van der Waals surface area contributed by atoms with Gasteiger partial charge in [0.15, 0.2) is 14.9 Å². The number of nitrogens with zero attached hydrogens (tertiary/aromatic N) is 2. The van der Waals surface area contributed by atoms with E-state index < -0.39 is 9.84 Å². The van der Waals surface area contributed by atoms with Crippen LogP contribution in [0.3, 0.4) is 0 Å². The van der Waals surface area contributed by atoms with E-state index in [1.807, 2.05) is 4.90 Å². The molecule has 0 aromatic carbocycles. The molecule has 1 aliphatic rings. The summed E-state index contributed by atoms with van der Waals surface area (Å²) in [5.74, 6) is 0.444. The predicted octanol–water partition coefficient (Wildman–Crippen LogP) is 1.36. The summed E-state index contributed by atoms with van der Waals surface area (Å²) in [6.07, 6.45) is 4.61. The molecule has 0 radical (unpaired) electrons. The molecule has 1 fully saturated rings. The summed E-state index contributed by atoms with van der Waals surface area (Å²) >= 11 is 0. The number of piperidine rings is 1. The highest BCUT2D eigenvalue weighted by atomic mass is 32.2. The van der Waals surface area contributed by atoms with Gasteiger partial charge in [0.25, 0.3) is 5.91 Å². The molecule has 0 saturated carbocycles. The van der Waals surface area contributed by atoms with Crippen molar-refractivity contribution in [2.24, 2.45) is 5.92 Å². The minimum atomic E-state index is -3.31. The maximum absolute atomic E-state index is 12.2. The Balaban J connectivity index is 2.16. The smallest absolute Gasteiger partial charge is 0.255 e. The normalized spacial score (nSPS) is 20.3. The van der Waals surface area contributed by atoms with Crippen LogP contribution in [0.25, 0.3) is 0 Å². The van der Waals surface area contributed by atoms with Crippen LogP contribution in [0.5, 0.6) is 0 Å². The number of hydrogen-bond donors (Lipinski definition) is 0. The second-order valence-electron chi connectivity index (χ2n) is 5.16. The molecule has 0 aliphatic carbocycles. The Morgan fingerprint density at radius 3 is 2.68 bits per heavy atom. The van der Waals surface area contributed by atoms with Gasteiger partial charge in [-0.25, -0.2) is 13.4 Å². The Kier molecular flexibility index (Phi) is 3.89. The van der Waals surface area contributed by atoms with Gasteiger partial charge in [-0.05, 0) is 30.9 Å². The number of pyridine rings is 1. The second-order valence-corrected chi connectivity index (χ2v) is 7.12. The highest BCUT2D eigenvalue weighted by molar-refractivity contribution is 7.90. The van der Waals surface area contributed by atoms with Crippen LogP contribution in [0.4, 0.5) is 0 Å². The zero-order valence-corrected chi connectivity index (χ0v) is 12.0. The van der Waals surface area contributed by atoms with Crippen LogP contribution in [0.1, 0.15) is 30.1 Å². The third-order valence-electron chi connectivity index (χ3n) is 3.31. The number of rotatable bonds is 2. The average molecular weight is 282 g/mol. The van der Waals surface area contributed by atoms with Gasteiger partial charge >= 0.3 is 0 Å². The van der Waals surface area contributed by atoms with Crippen molar-refractivity contribution in [1.29, 1.82) is 0 Å². The largest absolute Gasteiger partial charge is 0.338 e. The molecule has 0 bridgehead atoms. The highest BCUT2D eigenvalue weighted by Gasteiger charge is 2.22. The van der Waals surface area contributed by atoms with Gasteiger partial charge in [0.1, 0.15) is 0 Å². The summed E-state index contributed by atoms with van der Waals surface area (Å²) in [5.41, 5.74) is 0.446. The van der Waals surface area contributed by atoms with E-state index in [1.165, 1.54) is 18.3 Å². The summed E-state index contributed by atoms with van der Waals surface area (Å²) in [7, 11) is -3.31. The van der Waals surface area contributed by atoms with Crippen molar-refractivity contribution < 1.29 is 13.2 Å². The molecule has 0 spiro atoms. The highest BCUT2D eigenvalue weighted by Crippen LogP contribution is 2.18. The lowest BCUT2D eigenvalue weighted by atomic mass is 10.00. The van der Waals surface area contributed by atoms with Crippen molar-refractivity contribution in [3.63, 3.8) is 0 Å². The third kappa shape index (κ3) is 3.32. The van der Waals surface area contributed by atoms with E-state index >= 15 is 0 Å². The maximum Gasteiger partial charge on any atom is 0.255 e. The summed E-state index contributed by atoms with van der Waals surface area (Å²) < 4.78 is 22.6. The van der Waals surface area contributed by atoms with Crippen LogP contribution >= 0.6 is 0 Å². The standard InChI is InChI=1S/C13H18N2O3S/c1-10-4-3-7-15(9-10)13(16)11-5-6-12(14-8-11)19(2,17)18/h5-6,8,10H,3-4,7,9H2,1-2H3. The van der Waals surface area contributed by atoms with Gasteiger partial charge in [-0.2, -0.15) is 0 Å². The first-order valence-corrected chi connectivity index (χ1v) is 8.22. The van der Waals surface area contributed by atoms with Gasteiger partial charge < -0.3 is 4.90 Å². The Morgan fingerprint density at radius 1 is 1.42 bits per heavy atom. The molecule has 0 N–H and O–H groups in total. The van der Waals surface area contributed by atoms with Gasteiger partial charge in [-0.3, -0.25) is 4.79 Å². The first-order valence-electron chi connectivity index (χ1n) is 6.33. The van der Waals surface area contributed by atoms with Crippen LogP contribution in [0.15, 0.2) is 23.4 Å². The van der Waals surface area contributed by atoms with Crippen LogP contribution in [0, 0.1) is 5.92 Å². The molecule has 2 heterocycles. The number of carbonyl (C=O) groups is 1. The summed E-state index contributed by atoms with van der Waals surface area (Å²) in [5, 5.41) is -0.00365. The minimum Gasteiger partial charge on any atom is -0.338 e. The summed E-state index contributed by atoms with van der Waals surface area (Å²) in [4.78, 5) is 17.9. The number of hydrogen-bond acceptors (Lipinski definition) is 4. The summed E-state index contributed by atoms with van der Waals surface area (Å²) in [6.45, 7) is 3.65. The van der Waals surface area contributed by atoms with Crippen molar-refractivity contribution >= 4 is 15.7 Å². The quantitative estimate of drug-likeness (QED) is 0.821. The number of likely N-dealkylation sites (tertiary alicyclic amines) is 1. The molecule has 1 saturated heterocycles. The zero-order chi connectivity index (χ0) is 14.0. The van der Waals surface area contributed by atoms with Crippen LogP contribution in [0.2, 0.25) is 0 Å². The number of amides is 1. The average Bonchev–Trinajstić information content (AvgIpc) is 2.37. The van der Waals surface area contributed by atoms with Crippen molar-refractivity contribution in [1.82, 2.24) is 9.88 Å². The van der Waals surface area contributed by atoms with Crippen molar-refractivity contribution in [3.05, 3.63) is 23.9 Å². The van der Waals surface area contributed by atoms with E-state index in [0.29, 0.717) is 11.5 Å². The predicted molar refractivity (Wildman–Crippen MR) is 71.6 cm³/mol. The molecule has 1 aromatic rings. The van der Waals surface area contributed by atoms with Crippen LogP contribution in [-0.4, -0.2) is 43.6 Å². The van der Waals surface area contributed by atoms with Crippen molar-refractivity contribution in [3.8, 4) is 0 Å². The van der Waals surface area contributed by atoms with Crippen LogP contribution in [-0.2, 0) is 9.84 Å². The Labute approximate surface area is 113 Å². The van der Waals surface area contributed by atoms with Crippen molar-refractivity contribution in [2.45, 2.75) is 24.8 Å². The number of carbonyl (C=O) groups excluding carboxylic acids is 1. The fourth-order valence-electron chi connectivity index (χ4n) is 2.28. The second kappa shape index (κ2) is 5.28. The molecular weight excluding hydrogens is 264 g/mol. The van der Waals surface area contributed by atoms with E-state index in [0.717, 1.165) is 32.2 Å². The van der Waals surface area contributed by atoms with Gasteiger partial charge in [-0.15, -0.1) is 0 Å². The molecule has 2 rings (SSSR count). The lowest BCUT2D eigenvalue weighted by molar-refractivity contribution is 0.0682. The zero-order valence-electron chi connectivity index (χ0n) is 11.2. The lowest BCUT2D eigenvalue weighted by Gasteiger charge is -2.30. The maximum atomic E-state index is 12.2. The van der Waals surface area contributed by atoms with E-state index in [4.69, 9.17) is 0 Å². The van der Waals surface area contributed by atoms with Crippen LogP contribution < -0.4 is 0 Å². The van der Waals surface area contributed by atoms with E-state index in [2.05, 4.69) is 11.9 Å². The molecule has 1 amide bonds. The fourth-order valence-corrected chi connectivity index (χ4v) is 2.84. The SMILES string of the molecule is CC1CCCN(C(=O)c2ccc(S(C)(=O)=O)nc2)C1. The monoisotopic (exact) mass is 282 g/mol. The molecule has 6 heteroatoms. The van der Waals surface area contributed by atoms with Gasteiger partial charge in [0.2, 0.25) is 0 Å². The van der Waals surface area contributed by atoms with Gasteiger partial charge in [0.05, 0.1) is 5.56 Å². The molecule has 19 heavy (non-hydrogen) atoms. The number of sulfone groups is 1. The molecular formula is C13H18N2O3S. The van der Waals surface area contributed by atoms with Gasteiger partial charge in [0, 0.05) is 25.5 Å². The van der Waals surface area contributed by atoms with E-state index in [1.54, 1.807) is 0 Å². The van der Waals surface area contributed by atoms with E-state index in [9.17, 15) is 13.2 Å². The van der Waals surface area contributed by atoms with Crippen molar-refractivity contribution in [2.75, 3.05) is 19.3 Å². The molecule has 1 unspecified atom stereocenters. The first-order chi connectivity index (χ1) is 8.88. The lowest BCUT2D eigenvalue weighted by Crippen LogP contribution is -2.39. The molecule has 5 nitrogen and oxygen atoms in total.